The van der Waals surface area contributed by atoms with Crippen LogP contribution in [0.15, 0.2) is 0 Å². The predicted molar refractivity (Wildman–Crippen MR) is 59.1 cm³/mol. The van der Waals surface area contributed by atoms with Crippen molar-refractivity contribution < 1.29 is 4.79 Å². The smallest absolute Gasteiger partial charge is 0.225 e. The van der Waals surface area contributed by atoms with E-state index in [0.717, 1.165) is 31.8 Å². The number of rotatable bonds is 3. The zero-order valence-corrected chi connectivity index (χ0v) is 9.75. The van der Waals surface area contributed by atoms with E-state index >= 15 is 0 Å². The van der Waals surface area contributed by atoms with Crippen LogP contribution in [0.1, 0.15) is 46.5 Å². The number of piperidine rings is 1. The number of likely N-dealkylation sites (tertiary alicyclic amines) is 1. The zero-order valence-electron chi connectivity index (χ0n) is 9.75. The molecule has 1 heterocycles. The van der Waals surface area contributed by atoms with Crippen molar-refractivity contribution in [1.29, 1.82) is 0 Å². The molecule has 0 bridgehead atoms. The molecule has 2 nitrogen and oxygen atoms in total. The average molecular weight is 197 g/mol. The van der Waals surface area contributed by atoms with Crippen LogP contribution in [0.5, 0.6) is 0 Å². The molecule has 82 valence electrons. The van der Waals surface area contributed by atoms with Crippen LogP contribution in [-0.4, -0.2) is 23.9 Å². The summed E-state index contributed by atoms with van der Waals surface area (Å²) in [6.45, 7) is 8.46. The second kappa shape index (κ2) is 5.38. The first kappa shape index (κ1) is 11.5. The van der Waals surface area contributed by atoms with Gasteiger partial charge in [-0.05, 0) is 31.6 Å². The molecular formula is C12H23NO. The first-order valence-corrected chi connectivity index (χ1v) is 5.97. The third-order valence-corrected chi connectivity index (χ3v) is 3.43. The number of nitrogens with zero attached hydrogens (tertiary/aromatic N) is 1. The fourth-order valence-electron chi connectivity index (χ4n) is 2.13. The molecule has 0 unspecified atom stereocenters. The van der Waals surface area contributed by atoms with Gasteiger partial charge in [0.05, 0.1) is 0 Å². The minimum absolute atomic E-state index is 0.267. The van der Waals surface area contributed by atoms with Crippen molar-refractivity contribution in [3.63, 3.8) is 0 Å². The standard InChI is InChI=1S/C12H23NO/c1-4-11(5-2)12(14)13-8-6-10(3)7-9-13/h10-11H,4-9H2,1-3H3. The Morgan fingerprint density at radius 1 is 1.29 bits per heavy atom. The van der Waals surface area contributed by atoms with E-state index in [9.17, 15) is 4.79 Å². The molecule has 0 aromatic carbocycles. The third kappa shape index (κ3) is 2.73. The van der Waals surface area contributed by atoms with Crippen LogP contribution in [0.4, 0.5) is 0 Å². The fourth-order valence-corrected chi connectivity index (χ4v) is 2.13. The van der Waals surface area contributed by atoms with E-state index in [0.29, 0.717) is 5.91 Å². The van der Waals surface area contributed by atoms with Gasteiger partial charge in [-0.2, -0.15) is 0 Å². The van der Waals surface area contributed by atoms with E-state index in [1.807, 2.05) is 0 Å². The first-order chi connectivity index (χ1) is 6.69. The SMILES string of the molecule is CCC(CC)C(=O)N1CCC(C)CC1. The molecule has 0 aliphatic carbocycles. The summed E-state index contributed by atoms with van der Waals surface area (Å²) < 4.78 is 0. The molecule has 14 heavy (non-hydrogen) atoms. The summed E-state index contributed by atoms with van der Waals surface area (Å²) in [6, 6.07) is 0. The van der Waals surface area contributed by atoms with Crippen LogP contribution in [0.2, 0.25) is 0 Å². The minimum Gasteiger partial charge on any atom is -0.342 e. The molecule has 0 aromatic heterocycles. The Labute approximate surface area is 87.7 Å². The van der Waals surface area contributed by atoms with Crippen molar-refractivity contribution in [2.45, 2.75) is 46.5 Å². The highest BCUT2D eigenvalue weighted by Gasteiger charge is 2.24. The summed E-state index contributed by atoms with van der Waals surface area (Å²) in [4.78, 5) is 14.1. The molecular weight excluding hydrogens is 174 g/mol. The van der Waals surface area contributed by atoms with E-state index in [4.69, 9.17) is 0 Å². The van der Waals surface area contributed by atoms with E-state index in [2.05, 4.69) is 25.7 Å². The van der Waals surface area contributed by atoms with Crippen molar-refractivity contribution in [2.24, 2.45) is 11.8 Å². The maximum atomic E-state index is 12.0. The van der Waals surface area contributed by atoms with Gasteiger partial charge < -0.3 is 4.90 Å². The molecule has 1 aliphatic rings. The topological polar surface area (TPSA) is 20.3 Å². The van der Waals surface area contributed by atoms with E-state index in [-0.39, 0.29) is 5.92 Å². The molecule has 1 aliphatic heterocycles. The molecule has 2 heteroatoms. The van der Waals surface area contributed by atoms with Crippen molar-refractivity contribution in [3.05, 3.63) is 0 Å². The highest BCUT2D eigenvalue weighted by Crippen LogP contribution is 2.20. The monoisotopic (exact) mass is 197 g/mol. The lowest BCUT2D eigenvalue weighted by atomic mass is 9.96. The second-order valence-electron chi connectivity index (χ2n) is 4.52. The summed E-state index contributed by atoms with van der Waals surface area (Å²) >= 11 is 0. The Morgan fingerprint density at radius 2 is 1.79 bits per heavy atom. The number of hydrogen-bond donors (Lipinski definition) is 0. The molecule has 0 N–H and O–H groups in total. The summed E-state index contributed by atoms with van der Waals surface area (Å²) in [5, 5.41) is 0. The summed E-state index contributed by atoms with van der Waals surface area (Å²) in [6.07, 6.45) is 4.35. The van der Waals surface area contributed by atoms with Gasteiger partial charge in [-0.25, -0.2) is 0 Å². The van der Waals surface area contributed by atoms with Crippen LogP contribution in [0.3, 0.4) is 0 Å². The minimum atomic E-state index is 0.267. The quantitative estimate of drug-likeness (QED) is 0.681. The van der Waals surface area contributed by atoms with Crippen molar-refractivity contribution >= 4 is 5.91 Å². The van der Waals surface area contributed by atoms with Crippen LogP contribution >= 0.6 is 0 Å². The molecule has 1 fully saturated rings. The van der Waals surface area contributed by atoms with Gasteiger partial charge in [-0.3, -0.25) is 4.79 Å². The predicted octanol–water partition coefficient (Wildman–Crippen LogP) is 2.68. The van der Waals surface area contributed by atoms with Gasteiger partial charge in [0.1, 0.15) is 0 Å². The lowest BCUT2D eigenvalue weighted by Gasteiger charge is -2.32. The average Bonchev–Trinajstić information content (AvgIpc) is 2.20. The molecule has 0 radical (unpaired) electrons. The first-order valence-electron chi connectivity index (χ1n) is 5.97. The molecule has 0 aromatic rings. The van der Waals surface area contributed by atoms with Gasteiger partial charge in [0, 0.05) is 19.0 Å². The van der Waals surface area contributed by atoms with Crippen molar-refractivity contribution in [1.82, 2.24) is 4.90 Å². The highest BCUT2D eigenvalue weighted by molar-refractivity contribution is 5.78. The Morgan fingerprint density at radius 3 is 2.21 bits per heavy atom. The molecule has 0 spiro atoms. The van der Waals surface area contributed by atoms with Gasteiger partial charge in [0.2, 0.25) is 5.91 Å². The van der Waals surface area contributed by atoms with Gasteiger partial charge in [-0.15, -0.1) is 0 Å². The van der Waals surface area contributed by atoms with E-state index < -0.39 is 0 Å². The maximum Gasteiger partial charge on any atom is 0.225 e. The van der Waals surface area contributed by atoms with Crippen molar-refractivity contribution in [2.75, 3.05) is 13.1 Å². The lowest BCUT2D eigenvalue weighted by Crippen LogP contribution is -2.41. The fraction of sp³-hybridized carbons (Fsp3) is 0.917. The van der Waals surface area contributed by atoms with Crippen LogP contribution in [-0.2, 0) is 4.79 Å². The Hall–Kier alpha value is -0.530. The molecule has 1 amide bonds. The zero-order chi connectivity index (χ0) is 10.6. The van der Waals surface area contributed by atoms with Crippen LogP contribution in [0.25, 0.3) is 0 Å². The van der Waals surface area contributed by atoms with Crippen LogP contribution < -0.4 is 0 Å². The summed E-state index contributed by atoms with van der Waals surface area (Å²) in [5.41, 5.74) is 0. The second-order valence-corrected chi connectivity index (χ2v) is 4.52. The van der Waals surface area contributed by atoms with Gasteiger partial charge in [0.15, 0.2) is 0 Å². The van der Waals surface area contributed by atoms with Gasteiger partial charge in [-0.1, -0.05) is 20.8 Å². The van der Waals surface area contributed by atoms with Gasteiger partial charge in [0.25, 0.3) is 0 Å². The summed E-state index contributed by atoms with van der Waals surface area (Å²) in [5.74, 6) is 1.46. The van der Waals surface area contributed by atoms with E-state index in [1.54, 1.807) is 0 Å². The number of amides is 1. The lowest BCUT2D eigenvalue weighted by molar-refractivity contribution is -0.137. The third-order valence-electron chi connectivity index (χ3n) is 3.43. The summed E-state index contributed by atoms with van der Waals surface area (Å²) in [7, 11) is 0. The normalized spacial score (nSPS) is 19.0. The van der Waals surface area contributed by atoms with Gasteiger partial charge >= 0.3 is 0 Å². The molecule has 1 saturated heterocycles. The largest absolute Gasteiger partial charge is 0.342 e. The Kier molecular flexibility index (Phi) is 4.43. The number of carbonyl (C=O) groups excluding carboxylic acids is 1. The number of carbonyl (C=O) groups is 1. The molecule has 0 atom stereocenters. The Bertz CT molecular complexity index is 179. The Balaban J connectivity index is 2.44. The number of hydrogen-bond acceptors (Lipinski definition) is 1. The van der Waals surface area contributed by atoms with E-state index in [1.165, 1.54) is 12.8 Å². The molecule has 0 saturated carbocycles. The van der Waals surface area contributed by atoms with Crippen molar-refractivity contribution in [3.8, 4) is 0 Å². The highest BCUT2D eigenvalue weighted by atomic mass is 16.2. The van der Waals surface area contributed by atoms with Crippen LogP contribution in [0, 0.1) is 11.8 Å². The molecule has 1 rings (SSSR count). The maximum absolute atomic E-state index is 12.0.